The zero-order chi connectivity index (χ0) is 11.1. The third kappa shape index (κ3) is 2.15. The molecule has 0 bridgehead atoms. The van der Waals surface area contributed by atoms with E-state index in [0.717, 1.165) is 9.88 Å². The Bertz CT molecular complexity index is 354. The first-order chi connectivity index (χ1) is 6.93. The molecule has 1 heterocycles. The summed E-state index contributed by atoms with van der Waals surface area (Å²) in [5, 5.41) is 3.46. The van der Waals surface area contributed by atoms with Gasteiger partial charge >= 0.3 is 6.18 Å². The lowest BCUT2D eigenvalue weighted by atomic mass is 10.2. The lowest BCUT2D eigenvalue weighted by Gasteiger charge is -2.20. The number of nitrogens with zero attached hydrogens (tertiary/aromatic N) is 1. The molecular formula is C9H11F3N2S. The third-order valence-corrected chi connectivity index (χ3v) is 3.48. The van der Waals surface area contributed by atoms with E-state index in [-0.39, 0.29) is 19.4 Å². The van der Waals surface area contributed by atoms with Gasteiger partial charge in [0.05, 0.1) is 5.01 Å². The highest BCUT2D eigenvalue weighted by Gasteiger charge is 2.62. The summed E-state index contributed by atoms with van der Waals surface area (Å²) in [6.45, 7) is 2.09. The SMILES string of the molecule is Cc1ncc(CNC2(C(F)(F)F)CC2)s1. The van der Waals surface area contributed by atoms with Crippen LogP contribution in [-0.2, 0) is 6.54 Å². The lowest BCUT2D eigenvalue weighted by molar-refractivity contribution is -0.166. The number of nitrogens with one attached hydrogen (secondary N) is 1. The second-order valence-electron chi connectivity index (χ2n) is 3.78. The van der Waals surface area contributed by atoms with Crippen LogP contribution >= 0.6 is 11.3 Å². The van der Waals surface area contributed by atoms with Gasteiger partial charge in [-0.05, 0) is 19.8 Å². The maximum atomic E-state index is 12.5. The highest BCUT2D eigenvalue weighted by molar-refractivity contribution is 7.11. The summed E-state index contributed by atoms with van der Waals surface area (Å²) in [7, 11) is 0. The molecule has 84 valence electrons. The molecule has 6 heteroatoms. The van der Waals surface area contributed by atoms with Gasteiger partial charge in [-0.3, -0.25) is 5.32 Å². The van der Waals surface area contributed by atoms with Crippen molar-refractivity contribution in [2.75, 3.05) is 0 Å². The molecule has 15 heavy (non-hydrogen) atoms. The maximum absolute atomic E-state index is 12.5. The summed E-state index contributed by atoms with van der Waals surface area (Å²) in [6, 6.07) is 0. The van der Waals surface area contributed by atoms with Crippen molar-refractivity contribution in [2.45, 2.75) is 38.0 Å². The van der Waals surface area contributed by atoms with Gasteiger partial charge in [0.25, 0.3) is 0 Å². The molecule has 1 aliphatic carbocycles. The van der Waals surface area contributed by atoms with E-state index in [2.05, 4.69) is 10.3 Å². The van der Waals surface area contributed by atoms with Crippen LogP contribution in [0.1, 0.15) is 22.7 Å². The number of aromatic nitrogens is 1. The number of thiazole rings is 1. The predicted octanol–water partition coefficient (Wildman–Crippen LogP) is 2.64. The number of hydrogen-bond donors (Lipinski definition) is 1. The van der Waals surface area contributed by atoms with Crippen LogP contribution in [0.15, 0.2) is 6.20 Å². The van der Waals surface area contributed by atoms with E-state index < -0.39 is 11.7 Å². The molecule has 0 saturated heterocycles. The summed E-state index contributed by atoms with van der Waals surface area (Å²) < 4.78 is 37.6. The van der Waals surface area contributed by atoms with Gasteiger partial charge in [-0.1, -0.05) is 0 Å². The van der Waals surface area contributed by atoms with Crippen molar-refractivity contribution in [3.8, 4) is 0 Å². The van der Waals surface area contributed by atoms with Crippen LogP contribution in [0.3, 0.4) is 0 Å². The molecule has 2 nitrogen and oxygen atoms in total. The van der Waals surface area contributed by atoms with Gasteiger partial charge in [0.15, 0.2) is 0 Å². The molecule has 0 unspecified atom stereocenters. The molecule has 1 N–H and O–H groups in total. The van der Waals surface area contributed by atoms with Crippen LogP contribution in [0.4, 0.5) is 13.2 Å². The van der Waals surface area contributed by atoms with E-state index in [0.29, 0.717) is 0 Å². The summed E-state index contributed by atoms with van der Waals surface area (Å²) in [6.07, 6.45) is -2.13. The summed E-state index contributed by atoms with van der Waals surface area (Å²) >= 11 is 1.43. The van der Waals surface area contributed by atoms with E-state index in [1.54, 1.807) is 6.20 Å². The molecule has 0 atom stereocenters. The average Bonchev–Trinajstić information content (AvgIpc) is 2.82. The molecule has 1 aromatic rings. The standard InChI is InChI=1S/C9H11F3N2S/c1-6-13-4-7(15-6)5-14-8(2-3-8)9(10,11)12/h4,14H,2-3,5H2,1H3. The number of rotatable bonds is 3. The van der Waals surface area contributed by atoms with Gasteiger partial charge in [-0.15, -0.1) is 11.3 Å². The lowest BCUT2D eigenvalue weighted by Crippen LogP contribution is -2.44. The maximum Gasteiger partial charge on any atom is 0.406 e. The average molecular weight is 236 g/mol. The Morgan fingerprint density at radius 3 is 2.60 bits per heavy atom. The Morgan fingerprint density at radius 2 is 2.20 bits per heavy atom. The Hall–Kier alpha value is -0.620. The Labute approximate surface area is 89.5 Å². The number of hydrogen-bond acceptors (Lipinski definition) is 3. The Balaban J connectivity index is 1.94. The van der Waals surface area contributed by atoms with Gasteiger partial charge in [0, 0.05) is 17.6 Å². The molecule has 0 aliphatic heterocycles. The first kappa shape index (κ1) is 10.9. The van der Waals surface area contributed by atoms with E-state index >= 15 is 0 Å². The normalized spacial score (nSPS) is 19.2. The van der Waals surface area contributed by atoms with Crippen molar-refractivity contribution < 1.29 is 13.2 Å². The van der Waals surface area contributed by atoms with Crippen molar-refractivity contribution in [1.29, 1.82) is 0 Å². The largest absolute Gasteiger partial charge is 0.406 e. The summed E-state index contributed by atoms with van der Waals surface area (Å²) in [5.74, 6) is 0. The summed E-state index contributed by atoms with van der Waals surface area (Å²) in [5.41, 5.74) is -1.62. The van der Waals surface area contributed by atoms with Gasteiger partial charge in [-0.25, -0.2) is 4.98 Å². The molecule has 0 spiro atoms. The van der Waals surface area contributed by atoms with Gasteiger partial charge in [0.2, 0.25) is 0 Å². The van der Waals surface area contributed by atoms with Crippen molar-refractivity contribution in [3.63, 3.8) is 0 Å². The first-order valence-corrected chi connectivity index (χ1v) is 5.48. The van der Waals surface area contributed by atoms with Crippen LogP contribution < -0.4 is 5.32 Å². The smallest absolute Gasteiger partial charge is 0.299 e. The molecule has 0 aromatic carbocycles. The predicted molar refractivity (Wildman–Crippen MR) is 51.7 cm³/mol. The highest BCUT2D eigenvalue weighted by Crippen LogP contribution is 2.49. The zero-order valence-electron chi connectivity index (χ0n) is 8.19. The Morgan fingerprint density at radius 1 is 1.53 bits per heavy atom. The van der Waals surface area contributed by atoms with Crippen LogP contribution in [0, 0.1) is 6.92 Å². The van der Waals surface area contributed by atoms with Crippen LogP contribution in [0.25, 0.3) is 0 Å². The molecule has 1 saturated carbocycles. The zero-order valence-corrected chi connectivity index (χ0v) is 9.00. The minimum absolute atomic E-state index is 0.189. The van der Waals surface area contributed by atoms with Crippen molar-refractivity contribution in [1.82, 2.24) is 10.3 Å². The second kappa shape index (κ2) is 3.45. The fraction of sp³-hybridized carbons (Fsp3) is 0.667. The minimum atomic E-state index is -4.13. The highest BCUT2D eigenvalue weighted by atomic mass is 32.1. The molecular weight excluding hydrogens is 225 g/mol. The van der Waals surface area contributed by atoms with E-state index in [4.69, 9.17) is 0 Å². The van der Waals surface area contributed by atoms with Gasteiger partial charge in [0.1, 0.15) is 5.54 Å². The number of alkyl halides is 3. The topological polar surface area (TPSA) is 24.9 Å². The monoisotopic (exact) mass is 236 g/mol. The van der Waals surface area contributed by atoms with Crippen LogP contribution in [0.5, 0.6) is 0 Å². The van der Waals surface area contributed by atoms with Gasteiger partial charge in [-0.2, -0.15) is 13.2 Å². The van der Waals surface area contributed by atoms with Crippen LogP contribution in [0.2, 0.25) is 0 Å². The fourth-order valence-electron chi connectivity index (χ4n) is 1.43. The molecule has 0 radical (unpaired) electrons. The fourth-order valence-corrected chi connectivity index (χ4v) is 2.16. The summed E-state index contributed by atoms with van der Waals surface area (Å²) in [4.78, 5) is 4.85. The second-order valence-corrected chi connectivity index (χ2v) is 5.10. The first-order valence-electron chi connectivity index (χ1n) is 4.66. The van der Waals surface area contributed by atoms with Crippen molar-refractivity contribution in [2.24, 2.45) is 0 Å². The Kier molecular flexibility index (Phi) is 2.50. The molecule has 0 amide bonds. The molecule has 1 aromatic heterocycles. The van der Waals surface area contributed by atoms with Gasteiger partial charge < -0.3 is 0 Å². The number of halogens is 3. The van der Waals surface area contributed by atoms with E-state index in [1.165, 1.54) is 11.3 Å². The molecule has 1 fully saturated rings. The third-order valence-electron chi connectivity index (χ3n) is 2.56. The van der Waals surface area contributed by atoms with E-state index in [1.807, 2.05) is 6.92 Å². The number of aryl methyl sites for hydroxylation is 1. The minimum Gasteiger partial charge on any atom is -0.299 e. The van der Waals surface area contributed by atoms with Crippen LogP contribution in [-0.4, -0.2) is 16.7 Å². The van der Waals surface area contributed by atoms with Crippen molar-refractivity contribution in [3.05, 3.63) is 16.1 Å². The molecule has 1 aliphatic rings. The quantitative estimate of drug-likeness (QED) is 0.872. The molecule has 2 rings (SSSR count). The van der Waals surface area contributed by atoms with E-state index in [9.17, 15) is 13.2 Å². The van der Waals surface area contributed by atoms with Crippen molar-refractivity contribution >= 4 is 11.3 Å².